The van der Waals surface area contributed by atoms with Gasteiger partial charge in [0, 0.05) is 17.5 Å². The van der Waals surface area contributed by atoms with Crippen LogP contribution in [0.15, 0.2) is 41.5 Å². The summed E-state index contributed by atoms with van der Waals surface area (Å²) in [5.41, 5.74) is 4.59. The molecule has 6 heteroatoms. The molecule has 0 aliphatic carbocycles. The number of hydrogen-bond acceptors (Lipinski definition) is 4. The molecule has 0 radical (unpaired) electrons. The zero-order valence-corrected chi connectivity index (χ0v) is 13.4. The summed E-state index contributed by atoms with van der Waals surface area (Å²) in [6.45, 7) is 4.05. The molecule has 0 unspecified atom stereocenters. The number of rotatable bonds is 6. The smallest absolute Gasteiger partial charge is 0.291 e. The lowest BCUT2D eigenvalue weighted by Crippen LogP contribution is -2.17. The van der Waals surface area contributed by atoms with Crippen molar-refractivity contribution in [3.05, 3.63) is 53.4 Å². The summed E-state index contributed by atoms with van der Waals surface area (Å²) in [5, 5.41) is 10.7. The Morgan fingerprint density at radius 3 is 2.87 bits per heavy atom. The molecule has 23 heavy (non-hydrogen) atoms. The van der Waals surface area contributed by atoms with E-state index in [2.05, 4.69) is 20.7 Å². The van der Waals surface area contributed by atoms with Gasteiger partial charge in [0.05, 0.1) is 7.11 Å². The minimum Gasteiger partial charge on any atom is -0.496 e. The van der Waals surface area contributed by atoms with Crippen LogP contribution in [0.25, 0.3) is 6.08 Å². The number of nitrogens with zero attached hydrogens (tertiary/aromatic N) is 2. The van der Waals surface area contributed by atoms with Crippen LogP contribution in [0, 0.1) is 0 Å². The van der Waals surface area contributed by atoms with E-state index < -0.39 is 0 Å². The summed E-state index contributed by atoms with van der Waals surface area (Å²) in [6.07, 6.45) is 5.07. The number of allylic oxidation sites excluding steroid dienone is 1. The van der Waals surface area contributed by atoms with Crippen molar-refractivity contribution >= 4 is 18.2 Å². The zero-order chi connectivity index (χ0) is 16.7. The number of nitrogens with one attached hydrogen (secondary N) is 2. The van der Waals surface area contributed by atoms with Gasteiger partial charge < -0.3 is 4.74 Å². The predicted molar refractivity (Wildman–Crippen MR) is 90.7 cm³/mol. The molecule has 1 heterocycles. The molecule has 0 saturated carbocycles. The fraction of sp³-hybridized carbons (Fsp3) is 0.235. The van der Waals surface area contributed by atoms with Gasteiger partial charge in [0.15, 0.2) is 5.69 Å². The molecule has 0 aliphatic rings. The van der Waals surface area contributed by atoms with E-state index >= 15 is 0 Å². The highest BCUT2D eigenvalue weighted by atomic mass is 16.5. The van der Waals surface area contributed by atoms with E-state index in [1.165, 1.54) is 6.21 Å². The van der Waals surface area contributed by atoms with E-state index in [9.17, 15) is 4.79 Å². The van der Waals surface area contributed by atoms with E-state index in [1.54, 1.807) is 19.3 Å². The van der Waals surface area contributed by atoms with E-state index in [1.807, 2.05) is 44.2 Å². The van der Waals surface area contributed by atoms with E-state index in [-0.39, 0.29) is 11.8 Å². The molecule has 0 saturated heterocycles. The summed E-state index contributed by atoms with van der Waals surface area (Å²) in [5.74, 6) is 0.713. The van der Waals surface area contributed by atoms with Gasteiger partial charge >= 0.3 is 0 Å². The number of hydrazone groups is 1. The van der Waals surface area contributed by atoms with Crippen LogP contribution in [-0.2, 0) is 0 Å². The van der Waals surface area contributed by atoms with Crippen LogP contribution in [0.1, 0.15) is 41.5 Å². The van der Waals surface area contributed by atoms with Gasteiger partial charge in [-0.15, -0.1) is 0 Å². The largest absolute Gasteiger partial charge is 0.496 e. The molecule has 0 atom stereocenters. The Morgan fingerprint density at radius 1 is 1.39 bits per heavy atom. The first kappa shape index (κ1) is 16.5. The lowest BCUT2D eigenvalue weighted by molar-refractivity contribution is 0.0950. The maximum Gasteiger partial charge on any atom is 0.291 e. The number of benzene rings is 1. The topological polar surface area (TPSA) is 79.4 Å². The van der Waals surface area contributed by atoms with Gasteiger partial charge in [-0.25, -0.2) is 5.43 Å². The lowest BCUT2D eigenvalue weighted by atomic mass is 10.1. The van der Waals surface area contributed by atoms with Crippen LogP contribution >= 0.6 is 0 Å². The van der Waals surface area contributed by atoms with Crippen molar-refractivity contribution < 1.29 is 9.53 Å². The van der Waals surface area contributed by atoms with Crippen LogP contribution in [0.2, 0.25) is 0 Å². The van der Waals surface area contributed by atoms with Crippen molar-refractivity contribution in [1.82, 2.24) is 15.6 Å². The molecule has 2 N–H and O–H groups in total. The van der Waals surface area contributed by atoms with Crippen LogP contribution in [0.3, 0.4) is 0 Å². The maximum absolute atomic E-state index is 11.9. The van der Waals surface area contributed by atoms with Gasteiger partial charge in [-0.1, -0.05) is 32.0 Å². The average Bonchev–Trinajstić information content (AvgIpc) is 3.05. The molecular formula is C17H20N4O2. The van der Waals surface area contributed by atoms with Gasteiger partial charge in [0.1, 0.15) is 5.75 Å². The van der Waals surface area contributed by atoms with Crippen LogP contribution in [0.4, 0.5) is 0 Å². The molecule has 0 bridgehead atoms. The van der Waals surface area contributed by atoms with Gasteiger partial charge in [0.2, 0.25) is 0 Å². The number of para-hydroxylation sites is 1. The quantitative estimate of drug-likeness (QED) is 0.635. The summed E-state index contributed by atoms with van der Waals surface area (Å²) in [6, 6.07) is 9.35. The Bertz CT molecular complexity index is 717. The van der Waals surface area contributed by atoms with Crippen LogP contribution < -0.4 is 10.2 Å². The second-order valence-corrected chi connectivity index (χ2v) is 5.18. The first-order valence-electron chi connectivity index (χ1n) is 7.30. The third kappa shape index (κ3) is 4.54. The molecule has 1 aromatic carbocycles. The Balaban J connectivity index is 1.91. The van der Waals surface area contributed by atoms with Gasteiger partial charge in [0.25, 0.3) is 5.91 Å². The summed E-state index contributed by atoms with van der Waals surface area (Å²) in [4.78, 5) is 11.9. The summed E-state index contributed by atoms with van der Waals surface area (Å²) < 4.78 is 5.24. The number of hydrogen-bond donors (Lipinski definition) is 2. The van der Waals surface area contributed by atoms with E-state index in [0.717, 1.165) is 17.0 Å². The first-order chi connectivity index (χ1) is 11.1. The van der Waals surface area contributed by atoms with Gasteiger partial charge in [-0.2, -0.15) is 10.2 Å². The second-order valence-electron chi connectivity index (χ2n) is 5.18. The normalized spacial score (nSPS) is 11.5. The highest BCUT2D eigenvalue weighted by Gasteiger charge is 2.10. The highest BCUT2D eigenvalue weighted by molar-refractivity contribution is 5.93. The van der Waals surface area contributed by atoms with Crippen LogP contribution in [-0.4, -0.2) is 29.4 Å². The summed E-state index contributed by atoms with van der Waals surface area (Å²) >= 11 is 0. The fourth-order valence-electron chi connectivity index (χ4n) is 1.90. The highest BCUT2D eigenvalue weighted by Crippen LogP contribution is 2.18. The monoisotopic (exact) mass is 312 g/mol. The lowest BCUT2D eigenvalue weighted by Gasteiger charge is -2.02. The minimum absolute atomic E-state index is 0.288. The van der Waals surface area contributed by atoms with Gasteiger partial charge in [-0.3, -0.25) is 9.89 Å². The molecular weight excluding hydrogens is 292 g/mol. The SMILES string of the molecule is COc1ccccc1/C=C/C=N/NC(=O)c1cc(C(C)C)[nH]n1. The Labute approximate surface area is 135 Å². The molecule has 1 amide bonds. The number of amides is 1. The fourth-order valence-corrected chi connectivity index (χ4v) is 1.90. The molecule has 2 aromatic rings. The third-order valence-electron chi connectivity index (χ3n) is 3.19. The first-order valence-corrected chi connectivity index (χ1v) is 7.30. The number of aromatic nitrogens is 2. The zero-order valence-electron chi connectivity index (χ0n) is 13.4. The van der Waals surface area contributed by atoms with Crippen molar-refractivity contribution in [1.29, 1.82) is 0 Å². The number of ether oxygens (including phenoxy) is 1. The third-order valence-corrected chi connectivity index (χ3v) is 3.19. The number of methoxy groups -OCH3 is 1. The number of H-pyrrole nitrogens is 1. The van der Waals surface area contributed by atoms with Crippen molar-refractivity contribution in [3.63, 3.8) is 0 Å². The van der Waals surface area contributed by atoms with Crippen LogP contribution in [0.5, 0.6) is 5.75 Å². The number of carbonyl (C=O) groups excluding carboxylic acids is 1. The Morgan fingerprint density at radius 2 is 2.17 bits per heavy atom. The van der Waals surface area contributed by atoms with Crippen molar-refractivity contribution in [2.45, 2.75) is 19.8 Å². The minimum atomic E-state index is -0.352. The molecule has 120 valence electrons. The Kier molecular flexibility index (Phi) is 5.68. The van der Waals surface area contributed by atoms with E-state index in [0.29, 0.717) is 5.69 Å². The van der Waals surface area contributed by atoms with Crippen molar-refractivity contribution in [3.8, 4) is 5.75 Å². The molecule has 2 rings (SSSR count). The average molecular weight is 312 g/mol. The molecule has 1 aromatic heterocycles. The molecule has 0 aliphatic heterocycles. The Hall–Kier alpha value is -2.89. The molecule has 0 fully saturated rings. The standard InChI is InChI=1S/C17H20N4O2/c1-12(2)14-11-15(20-19-14)17(22)21-18-10-6-8-13-7-4-5-9-16(13)23-3/h4-12H,1-3H3,(H,19,20)(H,21,22)/b8-6+,18-10+. The maximum atomic E-state index is 11.9. The number of aromatic amines is 1. The molecule has 0 spiro atoms. The number of carbonyl (C=O) groups is 1. The summed E-state index contributed by atoms with van der Waals surface area (Å²) in [7, 11) is 1.62. The molecule has 6 nitrogen and oxygen atoms in total. The van der Waals surface area contributed by atoms with Gasteiger partial charge in [-0.05, 0) is 30.2 Å². The van der Waals surface area contributed by atoms with Crippen molar-refractivity contribution in [2.75, 3.05) is 7.11 Å². The van der Waals surface area contributed by atoms with Crippen molar-refractivity contribution in [2.24, 2.45) is 5.10 Å². The predicted octanol–water partition coefficient (Wildman–Crippen LogP) is 2.97. The van der Waals surface area contributed by atoms with E-state index in [4.69, 9.17) is 4.74 Å². The second kappa shape index (κ2) is 7.93.